The van der Waals surface area contributed by atoms with Crippen molar-refractivity contribution in [1.29, 1.82) is 0 Å². The van der Waals surface area contributed by atoms with Crippen molar-refractivity contribution in [1.82, 2.24) is 9.80 Å². The Kier molecular flexibility index (Phi) is 5.81. The predicted molar refractivity (Wildman–Crippen MR) is 95.2 cm³/mol. The molecule has 2 fully saturated rings. The highest BCUT2D eigenvalue weighted by Gasteiger charge is 2.36. The number of methoxy groups -OCH3 is 1. The van der Waals surface area contributed by atoms with Gasteiger partial charge in [0.1, 0.15) is 0 Å². The summed E-state index contributed by atoms with van der Waals surface area (Å²) in [7, 11) is 1.61. The van der Waals surface area contributed by atoms with Crippen molar-refractivity contribution in [2.24, 2.45) is 5.92 Å². The maximum atomic E-state index is 12.6. The van der Waals surface area contributed by atoms with Crippen LogP contribution >= 0.6 is 0 Å². The minimum Gasteiger partial charge on any atom is -0.493 e. The fourth-order valence-corrected chi connectivity index (χ4v) is 3.66. The molecule has 2 heterocycles. The molecule has 138 valence electrons. The zero-order valence-electron chi connectivity index (χ0n) is 15.4. The van der Waals surface area contributed by atoms with E-state index in [1.807, 2.05) is 30.0 Å². The van der Waals surface area contributed by atoms with Gasteiger partial charge in [0.2, 0.25) is 0 Å². The molecular weight excluding hydrogens is 320 g/mol. The topological polar surface area (TPSA) is 51.2 Å². The van der Waals surface area contributed by atoms with Gasteiger partial charge in [-0.2, -0.15) is 0 Å². The van der Waals surface area contributed by atoms with Gasteiger partial charge in [0.05, 0.1) is 20.3 Å². The Labute approximate surface area is 149 Å². The van der Waals surface area contributed by atoms with E-state index < -0.39 is 0 Å². The molecule has 6 heteroatoms. The average Bonchev–Trinajstić information content (AvgIpc) is 3.03. The Balaban J connectivity index is 1.55. The summed E-state index contributed by atoms with van der Waals surface area (Å²) < 4.78 is 16.5. The van der Waals surface area contributed by atoms with Crippen LogP contribution in [0.5, 0.6) is 11.5 Å². The second-order valence-corrected chi connectivity index (χ2v) is 6.93. The Bertz CT molecular complexity index is 601. The molecule has 0 N–H and O–H groups in total. The van der Waals surface area contributed by atoms with E-state index in [1.165, 1.54) is 0 Å². The molecular formula is C19H28N2O4. The van der Waals surface area contributed by atoms with Crippen molar-refractivity contribution in [3.05, 3.63) is 23.8 Å². The van der Waals surface area contributed by atoms with Crippen LogP contribution in [-0.2, 0) is 9.53 Å². The van der Waals surface area contributed by atoms with Gasteiger partial charge >= 0.3 is 0 Å². The first-order chi connectivity index (χ1) is 12.1. The zero-order valence-corrected chi connectivity index (χ0v) is 15.4. The lowest BCUT2D eigenvalue weighted by molar-refractivity contribution is -0.132. The van der Waals surface area contributed by atoms with Gasteiger partial charge in [-0.05, 0) is 30.5 Å². The minimum absolute atomic E-state index is 0.0326. The average molecular weight is 348 g/mol. The smallest absolute Gasteiger partial charge is 0.260 e. The molecule has 25 heavy (non-hydrogen) atoms. The van der Waals surface area contributed by atoms with Crippen LogP contribution in [0.1, 0.15) is 12.5 Å². The number of carbonyl (C=O) groups is 1. The summed E-state index contributed by atoms with van der Waals surface area (Å²) in [4.78, 5) is 16.9. The van der Waals surface area contributed by atoms with Crippen molar-refractivity contribution in [2.75, 3.05) is 53.1 Å². The number of aryl methyl sites for hydroxylation is 1. The summed E-state index contributed by atoms with van der Waals surface area (Å²) in [5, 5.41) is 0. The van der Waals surface area contributed by atoms with E-state index in [4.69, 9.17) is 14.2 Å². The number of benzene rings is 1. The lowest BCUT2D eigenvalue weighted by Crippen LogP contribution is -2.47. The van der Waals surface area contributed by atoms with E-state index in [-0.39, 0.29) is 12.5 Å². The molecule has 3 rings (SSSR count). The fraction of sp³-hybridized carbons (Fsp3) is 0.632. The number of hydrogen-bond donors (Lipinski definition) is 0. The summed E-state index contributed by atoms with van der Waals surface area (Å²) in [6.45, 7) is 9.29. The number of likely N-dealkylation sites (tertiary alicyclic amines) is 1. The number of morpholine rings is 1. The number of carbonyl (C=O) groups excluding carboxylic acids is 1. The standard InChI is InChI=1S/C19H28N2O4/c1-14-4-5-17(18(10-14)23-3)25-13-19(22)21-11-15(2)16(12-21)20-6-8-24-9-7-20/h4-5,10,15-16H,6-9,11-13H2,1-3H3. The van der Waals surface area contributed by atoms with E-state index in [9.17, 15) is 4.79 Å². The molecule has 0 aromatic heterocycles. The maximum Gasteiger partial charge on any atom is 0.260 e. The van der Waals surface area contributed by atoms with Crippen LogP contribution < -0.4 is 9.47 Å². The molecule has 0 bridgehead atoms. The lowest BCUT2D eigenvalue weighted by Gasteiger charge is -2.33. The van der Waals surface area contributed by atoms with Crippen LogP contribution in [0.3, 0.4) is 0 Å². The Morgan fingerprint density at radius 1 is 1.24 bits per heavy atom. The van der Waals surface area contributed by atoms with Crippen LogP contribution in [0.15, 0.2) is 18.2 Å². The molecule has 1 aromatic rings. The molecule has 2 aliphatic heterocycles. The van der Waals surface area contributed by atoms with Crippen molar-refractivity contribution in [2.45, 2.75) is 19.9 Å². The van der Waals surface area contributed by atoms with Crippen molar-refractivity contribution >= 4 is 5.91 Å². The van der Waals surface area contributed by atoms with Crippen LogP contribution in [-0.4, -0.2) is 74.9 Å². The van der Waals surface area contributed by atoms with Gasteiger partial charge in [0.25, 0.3) is 5.91 Å². The number of nitrogens with zero attached hydrogens (tertiary/aromatic N) is 2. The van der Waals surface area contributed by atoms with E-state index in [2.05, 4.69) is 11.8 Å². The first-order valence-corrected chi connectivity index (χ1v) is 8.95. The molecule has 0 spiro atoms. The molecule has 1 amide bonds. The summed E-state index contributed by atoms with van der Waals surface area (Å²) >= 11 is 0. The molecule has 2 aliphatic rings. The SMILES string of the molecule is COc1cc(C)ccc1OCC(=O)N1CC(C)C(N2CCOCC2)C1. The van der Waals surface area contributed by atoms with E-state index in [0.717, 1.165) is 45.0 Å². The van der Waals surface area contributed by atoms with Gasteiger partial charge in [-0.25, -0.2) is 0 Å². The maximum absolute atomic E-state index is 12.6. The minimum atomic E-state index is 0.0326. The molecule has 2 unspecified atom stereocenters. The second-order valence-electron chi connectivity index (χ2n) is 6.93. The van der Waals surface area contributed by atoms with Crippen LogP contribution in [0.4, 0.5) is 0 Å². The third-order valence-electron chi connectivity index (χ3n) is 5.11. The van der Waals surface area contributed by atoms with Gasteiger partial charge in [0, 0.05) is 32.2 Å². The Hall–Kier alpha value is -1.79. The van der Waals surface area contributed by atoms with Gasteiger partial charge in [-0.1, -0.05) is 13.0 Å². The molecule has 2 atom stereocenters. The molecule has 0 saturated carbocycles. The Morgan fingerprint density at radius 3 is 2.72 bits per heavy atom. The summed E-state index contributed by atoms with van der Waals surface area (Å²) in [6, 6.07) is 6.13. The van der Waals surface area contributed by atoms with Gasteiger partial charge in [-0.3, -0.25) is 9.69 Å². The summed E-state index contributed by atoms with van der Waals surface area (Å²) in [5.41, 5.74) is 1.09. The molecule has 6 nitrogen and oxygen atoms in total. The third-order valence-corrected chi connectivity index (χ3v) is 5.11. The quantitative estimate of drug-likeness (QED) is 0.808. The molecule has 0 radical (unpaired) electrons. The van der Waals surface area contributed by atoms with E-state index in [1.54, 1.807) is 7.11 Å². The van der Waals surface area contributed by atoms with E-state index in [0.29, 0.717) is 23.5 Å². The molecule has 2 saturated heterocycles. The predicted octanol–water partition coefficient (Wildman–Crippen LogP) is 1.56. The molecule has 1 aromatic carbocycles. The molecule has 0 aliphatic carbocycles. The fourth-order valence-electron chi connectivity index (χ4n) is 3.66. The van der Waals surface area contributed by atoms with Crippen molar-refractivity contribution < 1.29 is 19.0 Å². The summed E-state index contributed by atoms with van der Waals surface area (Å²) in [5.74, 6) is 1.77. The second kappa shape index (κ2) is 8.06. The number of rotatable bonds is 5. The first kappa shape index (κ1) is 18.0. The Morgan fingerprint density at radius 2 is 2.00 bits per heavy atom. The van der Waals surface area contributed by atoms with Gasteiger partial charge in [0.15, 0.2) is 18.1 Å². The van der Waals surface area contributed by atoms with Crippen molar-refractivity contribution in [3.63, 3.8) is 0 Å². The monoisotopic (exact) mass is 348 g/mol. The highest BCUT2D eigenvalue weighted by Crippen LogP contribution is 2.28. The summed E-state index contributed by atoms with van der Waals surface area (Å²) in [6.07, 6.45) is 0. The van der Waals surface area contributed by atoms with Crippen LogP contribution in [0.2, 0.25) is 0 Å². The van der Waals surface area contributed by atoms with Gasteiger partial charge < -0.3 is 19.1 Å². The third kappa shape index (κ3) is 4.25. The van der Waals surface area contributed by atoms with Gasteiger partial charge in [-0.15, -0.1) is 0 Å². The number of amides is 1. The number of ether oxygens (including phenoxy) is 3. The number of hydrogen-bond acceptors (Lipinski definition) is 5. The lowest BCUT2D eigenvalue weighted by atomic mass is 10.0. The van der Waals surface area contributed by atoms with E-state index >= 15 is 0 Å². The zero-order chi connectivity index (χ0) is 17.8. The highest BCUT2D eigenvalue weighted by atomic mass is 16.5. The first-order valence-electron chi connectivity index (χ1n) is 8.95. The van der Waals surface area contributed by atoms with Crippen LogP contribution in [0.25, 0.3) is 0 Å². The largest absolute Gasteiger partial charge is 0.493 e. The van der Waals surface area contributed by atoms with Crippen molar-refractivity contribution in [3.8, 4) is 11.5 Å². The van der Waals surface area contributed by atoms with Crippen LogP contribution in [0, 0.1) is 12.8 Å². The normalized spacial score (nSPS) is 24.4. The highest BCUT2D eigenvalue weighted by molar-refractivity contribution is 5.78.